The zero-order valence-electron chi connectivity index (χ0n) is 8.44. The summed E-state index contributed by atoms with van der Waals surface area (Å²) in [6.07, 6.45) is -3.01. The Labute approximate surface area is 85.2 Å². The average molecular weight is 216 g/mol. The predicted molar refractivity (Wildman–Crippen MR) is 50.4 cm³/mol. The van der Waals surface area contributed by atoms with Gasteiger partial charge in [-0.25, -0.2) is 0 Å². The van der Waals surface area contributed by atoms with Crippen LogP contribution in [0.5, 0.6) is 0 Å². The largest absolute Gasteiger partial charge is 0.412 e. The monoisotopic (exact) mass is 216 g/mol. The Balaban J connectivity index is 2.50. The Hall–Kier alpha value is -1.26. The summed E-state index contributed by atoms with van der Waals surface area (Å²) in [5, 5.41) is 6.74. The minimum Gasteiger partial charge on any atom is -0.282 e. The number of aryl methyl sites for hydroxylation is 1. The highest BCUT2D eigenvalue weighted by molar-refractivity contribution is 5.62. The molecule has 1 unspecified atom stereocenters. The van der Waals surface area contributed by atoms with E-state index in [1.165, 1.54) is 6.08 Å². The van der Waals surface area contributed by atoms with Gasteiger partial charge in [-0.15, -0.1) is 0 Å². The maximum Gasteiger partial charge on any atom is 0.412 e. The highest BCUT2D eigenvalue weighted by Gasteiger charge is 2.37. The summed E-state index contributed by atoms with van der Waals surface area (Å²) in [5.74, 6) is -0.174. The van der Waals surface area contributed by atoms with Crippen molar-refractivity contribution in [2.75, 3.05) is 0 Å². The van der Waals surface area contributed by atoms with Gasteiger partial charge in [0.1, 0.15) is 0 Å². The van der Waals surface area contributed by atoms with Crippen LogP contribution in [-0.4, -0.2) is 16.4 Å². The molecule has 5 heteroatoms. The van der Waals surface area contributed by atoms with E-state index in [-0.39, 0.29) is 12.3 Å². The topological polar surface area (TPSA) is 28.7 Å². The summed E-state index contributed by atoms with van der Waals surface area (Å²) in [5.41, 5.74) is 1.56. The molecule has 2 nitrogen and oxygen atoms in total. The van der Waals surface area contributed by atoms with Crippen LogP contribution in [-0.2, 0) is 0 Å². The summed E-state index contributed by atoms with van der Waals surface area (Å²) >= 11 is 0. The summed E-state index contributed by atoms with van der Waals surface area (Å²) in [7, 11) is 0. The number of nitrogens with zero attached hydrogens (tertiary/aromatic N) is 1. The number of H-pyrrole nitrogens is 1. The van der Waals surface area contributed by atoms with Gasteiger partial charge in [-0.2, -0.15) is 18.3 Å². The van der Waals surface area contributed by atoms with Gasteiger partial charge in [0.25, 0.3) is 0 Å². The van der Waals surface area contributed by atoms with E-state index >= 15 is 0 Å². The Morgan fingerprint density at radius 3 is 2.73 bits per heavy atom. The molecule has 0 saturated heterocycles. The van der Waals surface area contributed by atoms with Crippen molar-refractivity contribution in [2.24, 2.45) is 0 Å². The third kappa shape index (κ3) is 1.66. The summed E-state index contributed by atoms with van der Waals surface area (Å²) < 4.78 is 37.6. The molecule has 1 aromatic heterocycles. The van der Waals surface area contributed by atoms with Crippen molar-refractivity contribution in [2.45, 2.75) is 32.4 Å². The number of fused-ring (bicyclic) bond motifs is 1. The lowest BCUT2D eigenvalue weighted by molar-refractivity contribution is -0.0937. The van der Waals surface area contributed by atoms with Gasteiger partial charge in [-0.3, -0.25) is 5.10 Å². The molecule has 1 atom stereocenters. The van der Waals surface area contributed by atoms with Crippen LogP contribution in [0, 0.1) is 6.92 Å². The van der Waals surface area contributed by atoms with Gasteiger partial charge in [0.2, 0.25) is 0 Å². The average Bonchev–Trinajstić information content (AvgIpc) is 2.47. The van der Waals surface area contributed by atoms with Crippen molar-refractivity contribution in [3.8, 4) is 0 Å². The highest BCUT2D eigenvalue weighted by atomic mass is 19.4. The van der Waals surface area contributed by atoms with Gasteiger partial charge in [0, 0.05) is 22.7 Å². The van der Waals surface area contributed by atoms with Gasteiger partial charge in [-0.1, -0.05) is 6.92 Å². The van der Waals surface area contributed by atoms with Crippen molar-refractivity contribution < 1.29 is 13.2 Å². The van der Waals surface area contributed by atoms with Gasteiger partial charge in [0.15, 0.2) is 0 Å². The highest BCUT2D eigenvalue weighted by Crippen LogP contribution is 2.40. The van der Waals surface area contributed by atoms with Crippen LogP contribution in [0.3, 0.4) is 0 Å². The first-order valence-corrected chi connectivity index (χ1v) is 4.72. The zero-order chi connectivity index (χ0) is 11.2. The number of hydrogen-bond donors (Lipinski definition) is 1. The normalized spacial score (nSPS) is 21.1. The van der Waals surface area contributed by atoms with Crippen LogP contribution >= 0.6 is 0 Å². The Morgan fingerprint density at radius 2 is 2.13 bits per heavy atom. The lowest BCUT2D eigenvalue weighted by Gasteiger charge is -2.20. The van der Waals surface area contributed by atoms with E-state index < -0.39 is 11.7 Å². The number of alkyl halides is 3. The molecule has 0 amide bonds. The van der Waals surface area contributed by atoms with Crippen LogP contribution < -0.4 is 0 Å². The Bertz CT molecular complexity index is 415. The quantitative estimate of drug-likeness (QED) is 0.708. The molecule has 1 aromatic rings. The van der Waals surface area contributed by atoms with E-state index in [9.17, 15) is 13.2 Å². The standard InChI is InChI=1S/C10H11F3N2/c1-5-3-7(10(11,12)13)4-8-6(2)14-15-9(5)8/h4-5H,3H2,1-2H3,(H,14,15). The van der Waals surface area contributed by atoms with Crippen molar-refractivity contribution in [1.82, 2.24) is 10.2 Å². The fraction of sp³-hybridized carbons (Fsp3) is 0.500. The van der Waals surface area contributed by atoms with E-state index in [2.05, 4.69) is 10.2 Å². The molecule has 0 bridgehead atoms. The molecule has 0 radical (unpaired) electrons. The van der Waals surface area contributed by atoms with Crippen molar-refractivity contribution in [3.63, 3.8) is 0 Å². The smallest absolute Gasteiger partial charge is 0.282 e. The second kappa shape index (κ2) is 3.12. The van der Waals surface area contributed by atoms with Crippen molar-refractivity contribution >= 4 is 6.08 Å². The van der Waals surface area contributed by atoms with Gasteiger partial charge in [0.05, 0.1) is 5.69 Å². The maximum atomic E-state index is 12.5. The fourth-order valence-electron chi connectivity index (χ4n) is 1.87. The molecule has 0 saturated carbocycles. The Morgan fingerprint density at radius 1 is 1.47 bits per heavy atom. The third-order valence-electron chi connectivity index (χ3n) is 2.70. The lowest BCUT2D eigenvalue weighted by atomic mass is 9.88. The molecule has 82 valence electrons. The van der Waals surface area contributed by atoms with E-state index in [4.69, 9.17) is 0 Å². The molecule has 15 heavy (non-hydrogen) atoms. The Kier molecular flexibility index (Phi) is 2.13. The second-order valence-electron chi connectivity index (χ2n) is 3.92. The van der Waals surface area contributed by atoms with E-state index in [1.54, 1.807) is 13.8 Å². The second-order valence-corrected chi connectivity index (χ2v) is 3.92. The van der Waals surface area contributed by atoms with Crippen LogP contribution in [0.1, 0.15) is 36.2 Å². The molecule has 2 rings (SSSR count). The first-order valence-electron chi connectivity index (χ1n) is 4.72. The first kappa shape index (κ1) is 10.3. The van der Waals surface area contributed by atoms with Gasteiger partial charge in [-0.05, 0) is 19.4 Å². The molecular weight excluding hydrogens is 205 g/mol. The molecule has 1 aliphatic rings. The summed E-state index contributed by atoms with van der Waals surface area (Å²) in [6.45, 7) is 3.49. The number of rotatable bonds is 0. The van der Waals surface area contributed by atoms with E-state index in [1.807, 2.05) is 0 Å². The molecule has 0 spiro atoms. The number of hydrogen-bond acceptors (Lipinski definition) is 1. The van der Waals surface area contributed by atoms with Crippen LogP contribution in [0.15, 0.2) is 5.57 Å². The molecule has 0 fully saturated rings. The summed E-state index contributed by atoms with van der Waals surface area (Å²) in [4.78, 5) is 0. The predicted octanol–water partition coefficient (Wildman–Crippen LogP) is 3.17. The van der Waals surface area contributed by atoms with E-state index in [0.717, 1.165) is 5.69 Å². The summed E-state index contributed by atoms with van der Waals surface area (Å²) in [6, 6.07) is 0. The zero-order valence-corrected chi connectivity index (χ0v) is 8.44. The molecule has 0 aromatic carbocycles. The van der Waals surface area contributed by atoms with Crippen LogP contribution in [0.2, 0.25) is 0 Å². The maximum absolute atomic E-state index is 12.5. The fourth-order valence-corrected chi connectivity index (χ4v) is 1.87. The van der Waals surface area contributed by atoms with Crippen molar-refractivity contribution in [3.05, 3.63) is 22.5 Å². The number of halogens is 3. The number of allylic oxidation sites excluding steroid dienone is 1. The van der Waals surface area contributed by atoms with E-state index in [0.29, 0.717) is 11.3 Å². The molecule has 0 aliphatic heterocycles. The van der Waals surface area contributed by atoms with Gasteiger partial charge >= 0.3 is 6.18 Å². The number of aromatic amines is 1. The minimum atomic E-state index is -4.23. The molecule has 1 N–H and O–H groups in total. The SMILES string of the molecule is Cc1[nH]nc2c1C=C(C(F)(F)F)CC2C. The molecular formula is C10H11F3N2. The number of aromatic nitrogens is 2. The van der Waals surface area contributed by atoms with Crippen LogP contribution in [0.25, 0.3) is 6.08 Å². The first-order chi connectivity index (χ1) is 6.89. The van der Waals surface area contributed by atoms with Crippen molar-refractivity contribution in [1.29, 1.82) is 0 Å². The van der Waals surface area contributed by atoms with Gasteiger partial charge < -0.3 is 0 Å². The lowest BCUT2D eigenvalue weighted by Crippen LogP contribution is -2.17. The molecule has 1 heterocycles. The third-order valence-corrected chi connectivity index (χ3v) is 2.70. The number of nitrogens with one attached hydrogen (secondary N) is 1. The van der Waals surface area contributed by atoms with Crippen LogP contribution in [0.4, 0.5) is 13.2 Å². The molecule has 1 aliphatic carbocycles. The minimum absolute atomic E-state index is 0.0147.